The highest BCUT2D eigenvalue weighted by atomic mass is 32.2. The highest BCUT2D eigenvalue weighted by molar-refractivity contribution is 7.79. The van der Waals surface area contributed by atoms with Crippen molar-refractivity contribution in [2.75, 3.05) is 13.1 Å². The molecule has 1 aliphatic heterocycles. The molecule has 0 aliphatic carbocycles. The topological polar surface area (TPSA) is 58.6 Å². The van der Waals surface area contributed by atoms with Gasteiger partial charge in [0, 0.05) is 6.42 Å². The molecule has 3 unspecified atom stereocenters. The van der Waals surface area contributed by atoms with Crippen LogP contribution in [0.3, 0.4) is 0 Å². The molecular formula is C12H17NO3S. The van der Waals surface area contributed by atoms with E-state index in [9.17, 15) is 8.76 Å². The third-order valence-corrected chi connectivity index (χ3v) is 3.66. The van der Waals surface area contributed by atoms with Crippen LogP contribution in [0.5, 0.6) is 5.75 Å². The molecular weight excluding hydrogens is 238 g/mol. The molecule has 3 atom stereocenters. The molecule has 2 rings (SSSR count). The van der Waals surface area contributed by atoms with Crippen molar-refractivity contribution in [3.8, 4) is 5.75 Å². The number of rotatable bonds is 5. The normalized spacial score (nSPS) is 23.2. The monoisotopic (exact) mass is 255 g/mol. The fraction of sp³-hybridized carbons (Fsp3) is 0.500. The van der Waals surface area contributed by atoms with Crippen molar-refractivity contribution in [1.29, 1.82) is 0 Å². The van der Waals surface area contributed by atoms with Gasteiger partial charge in [-0.15, -0.1) is 0 Å². The van der Waals surface area contributed by atoms with Crippen LogP contribution in [0.25, 0.3) is 0 Å². The van der Waals surface area contributed by atoms with Gasteiger partial charge in [0.2, 0.25) is 0 Å². The average Bonchev–Trinajstić information content (AvgIpc) is 2.82. The van der Waals surface area contributed by atoms with Crippen molar-refractivity contribution < 1.29 is 13.5 Å². The number of benzene rings is 1. The van der Waals surface area contributed by atoms with Gasteiger partial charge in [-0.25, -0.2) is 4.21 Å². The Hall–Kier alpha value is -0.910. The standard InChI is InChI=1S/C12H17NO3S/c14-17(15)12(8-10-6-7-13-9-10)16-11-4-2-1-3-5-11/h1-5,10,12-13H,6-9H2,(H,14,15). The average molecular weight is 255 g/mol. The summed E-state index contributed by atoms with van der Waals surface area (Å²) in [7, 11) is 0. The van der Waals surface area contributed by atoms with Crippen LogP contribution in [-0.2, 0) is 11.1 Å². The van der Waals surface area contributed by atoms with Gasteiger partial charge >= 0.3 is 0 Å². The van der Waals surface area contributed by atoms with Gasteiger partial charge in [-0.3, -0.25) is 0 Å². The maximum absolute atomic E-state index is 11.3. The fourth-order valence-electron chi connectivity index (χ4n) is 2.01. The zero-order chi connectivity index (χ0) is 12.1. The Balaban J connectivity index is 1.95. The number of hydrogen-bond donors (Lipinski definition) is 2. The predicted octanol–water partition coefficient (Wildman–Crippen LogP) is 1.61. The van der Waals surface area contributed by atoms with Gasteiger partial charge in [-0.2, -0.15) is 0 Å². The smallest absolute Gasteiger partial charge is 0.198 e. The minimum Gasteiger partial charge on any atom is -0.475 e. The second kappa shape index (κ2) is 6.14. The number of hydrogen-bond acceptors (Lipinski definition) is 3. The molecule has 17 heavy (non-hydrogen) atoms. The summed E-state index contributed by atoms with van der Waals surface area (Å²) in [5.74, 6) is 1.07. The van der Waals surface area contributed by atoms with E-state index in [-0.39, 0.29) is 0 Å². The van der Waals surface area contributed by atoms with Crippen LogP contribution in [0, 0.1) is 5.92 Å². The first kappa shape index (κ1) is 12.5. The summed E-state index contributed by atoms with van der Waals surface area (Å²) in [6.45, 7) is 1.90. The van der Waals surface area contributed by atoms with Gasteiger partial charge in [0.25, 0.3) is 0 Å². The van der Waals surface area contributed by atoms with Crippen molar-refractivity contribution in [2.24, 2.45) is 5.92 Å². The van der Waals surface area contributed by atoms with Gasteiger partial charge in [0.1, 0.15) is 5.75 Å². The Bertz CT molecular complexity index is 365. The summed E-state index contributed by atoms with van der Waals surface area (Å²) >= 11 is -1.95. The van der Waals surface area contributed by atoms with E-state index in [0.717, 1.165) is 19.5 Å². The molecule has 1 aromatic rings. The van der Waals surface area contributed by atoms with E-state index in [1.54, 1.807) is 12.1 Å². The van der Waals surface area contributed by atoms with E-state index < -0.39 is 16.5 Å². The van der Waals surface area contributed by atoms with Gasteiger partial charge in [-0.05, 0) is 37.6 Å². The van der Waals surface area contributed by atoms with Crippen molar-refractivity contribution in [3.63, 3.8) is 0 Å². The lowest BCUT2D eigenvalue weighted by molar-refractivity contribution is 0.236. The van der Waals surface area contributed by atoms with E-state index in [2.05, 4.69) is 5.32 Å². The summed E-state index contributed by atoms with van der Waals surface area (Å²) in [5.41, 5.74) is -0.637. The minimum absolute atomic E-state index is 0.430. The molecule has 0 radical (unpaired) electrons. The van der Waals surface area contributed by atoms with Crippen LogP contribution in [0.15, 0.2) is 30.3 Å². The van der Waals surface area contributed by atoms with Crippen LogP contribution >= 0.6 is 0 Å². The molecule has 5 heteroatoms. The highest BCUT2D eigenvalue weighted by Gasteiger charge is 2.24. The Kier molecular flexibility index (Phi) is 4.53. The molecule has 0 amide bonds. The summed E-state index contributed by atoms with van der Waals surface area (Å²) in [4.78, 5) is 0. The molecule has 2 N–H and O–H groups in total. The molecule has 0 spiro atoms. The van der Waals surface area contributed by atoms with E-state index in [4.69, 9.17) is 4.74 Å². The van der Waals surface area contributed by atoms with Gasteiger partial charge in [-0.1, -0.05) is 18.2 Å². The van der Waals surface area contributed by atoms with Crippen LogP contribution < -0.4 is 10.1 Å². The van der Waals surface area contributed by atoms with E-state index in [0.29, 0.717) is 18.1 Å². The molecule has 1 aromatic carbocycles. The summed E-state index contributed by atoms with van der Waals surface area (Å²) < 4.78 is 26.1. The molecule has 1 aliphatic rings. The zero-order valence-electron chi connectivity index (χ0n) is 9.54. The maximum atomic E-state index is 11.3. The van der Waals surface area contributed by atoms with Gasteiger partial charge in [0.05, 0.1) is 0 Å². The van der Waals surface area contributed by atoms with Crippen molar-refractivity contribution in [2.45, 2.75) is 18.3 Å². The Labute approximate surface area is 104 Å². The van der Waals surface area contributed by atoms with E-state index in [1.165, 1.54) is 0 Å². The summed E-state index contributed by atoms with van der Waals surface area (Å²) in [5, 5.41) is 3.24. The molecule has 0 bridgehead atoms. The Morgan fingerprint density at radius 1 is 1.47 bits per heavy atom. The molecule has 4 nitrogen and oxygen atoms in total. The first-order chi connectivity index (χ1) is 8.25. The molecule has 0 aromatic heterocycles. The predicted molar refractivity (Wildman–Crippen MR) is 67.2 cm³/mol. The number of ether oxygens (including phenoxy) is 1. The second-order valence-electron chi connectivity index (χ2n) is 4.23. The lowest BCUT2D eigenvalue weighted by Crippen LogP contribution is -2.26. The summed E-state index contributed by atoms with van der Waals surface area (Å²) in [6, 6.07) is 9.19. The third-order valence-electron chi connectivity index (χ3n) is 2.92. The first-order valence-corrected chi connectivity index (χ1v) is 6.95. The van der Waals surface area contributed by atoms with Crippen LogP contribution in [0.4, 0.5) is 0 Å². The summed E-state index contributed by atoms with van der Waals surface area (Å²) in [6.07, 6.45) is 1.66. The fourth-order valence-corrected chi connectivity index (χ4v) is 2.64. The quantitative estimate of drug-likeness (QED) is 0.785. The van der Waals surface area contributed by atoms with Crippen LogP contribution in [0.2, 0.25) is 0 Å². The molecule has 1 heterocycles. The maximum Gasteiger partial charge on any atom is 0.198 e. The molecule has 1 saturated heterocycles. The first-order valence-electron chi connectivity index (χ1n) is 5.78. The van der Waals surface area contributed by atoms with E-state index in [1.807, 2.05) is 18.2 Å². The van der Waals surface area contributed by atoms with Crippen molar-refractivity contribution >= 4 is 11.1 Å². The zero-order valence-corrected chi connectivity index (χ0v) is 10.4. The highest BCUT2D eigenvalue weighted by Crippen LogP contribution is 2.20. The van der Waals surface area contributed by atoms with Crippen LogP contribution in [-0.4, -0.2) is 27.3 Å². The van der Waals surface area contributed by atoms with Crippen LogP contribution in [0.1, 0.15) is 12.8 Å². The van der Waals surface area contributed by atoms with Crippen molar-refractivity contribution in [1.82, 2.24) is 5.32 Å². The minimum atomic E-state index is -1.95. The lowest BCUT2D eigenvalue weighted by Gasteiger charge is -2.18. The number of nitrogens with one attached hydrogen (secondary N) is 1. The molecule has 1 fully saturated rings. The third kappa shape index (κ3) is 3.80. The molecule has 94 valence electrons. The number of para-hydroxylation sites is 1. The van der Waals surface area contributed by atoms with Crippen molar-refractivity contribution in [3.05, 3.63) is 30.3 Å². The Morgan fingerprint density at radius 2 is 2.24 bits per heavy atom. The Morgan fingerprint density at radius 3 is 2.82 bits per heavy atom. The largest absolute Gasteiger partial charge is 0.475 e. The molecule has 0 saturated carbocycles. The second-order valence-corrected chi connectivity index (χ2v) is 5.31. The SMILES string of the molecule is O=S(O)C(CC1CCNC1)Oc1ccccc1. The van der Waals surface area contributed by atoms with E-state index >= 15 is 0 Å². The lowest BCUT2D eigenvalue weighted by atomic mass is 10.1. The van der Waals surface area contributed by atoms with Gasteiger partial charge < -0.3 is 14.6 Å². The van der Waals surface area contributed by atoms with Gasteiger partial charge in [0.15, 0.2) is 16.5 Å².